The van der Waals surface area contributed by atoms with E-state index < -0.39 is 0 Å². The molecule has 0 bridgehead atoms. The van der Waals surface area contributed by atoms with Gasteiger partial charge in [0.25, 0.3) is 0 Å². The van der Waals surface area contributed by atoms with Crippen LogP contribution in [-0.2, 0) is 6.54 Å². The average molecular weight is 548 g/mol. The lowest BCUT2D eigenvalue weighted by Crippen LogP contribution is -2.46. The highest BCUT2D eigenvalue weighted by Crippen LogP contribution is 2.32. The quantitative estimate of drug-likeness (QED) is 0.378. The number of likely N-dealkylation sites (N-methyl/N-ethyl adjacent to an activating group) is 1. The van der Waals surface area contributed by atoms with Crippen LogP contribution in [0.4, 0.5) is 11.4 Å². The Hall–Kier alpha value is -3.08. The van der Waals surface area contributed by atoms with Gasteiger partial charge in [0.2, 0.25) is 0 Å². The van der Waals surface area contributed by atoms with Gasteiger partial charge in [-0.25, -0.2) is 9.97 Å². The van der Waals surface area contributed by atoms with Crippen molar-refractivity contribution in [2.75, 3.05) is 56.5 Å². The van der Waals surface area contributed by atoms with E-state index in [0.717, 1.165) is 90.6 Å². The summed E-state index contributed by atoms with van der Waals surface area (Å²) in [5, 5.41) is 3.69. The second kappa shape index (κ2) is 10.1. The maximum atomic E-state index is 4.94. The van der Waals surface area contributed by atoms with Crippen molar-refractivity contribution < 1.29 is 0 Å². The Balaban J connectivity index is 1.14. The highest BCUT2D eigenvalue weighted by molar-refractivity contribution is 9.10. The van der Waals surface area contributed by atoms with Gasteiger partial charge in [-0.2, -0.15) is 0 Å². The zero-order chi connectivity index (χ0) is 24.5. The first-order valence-corrected chi connectivity index (χ1v) is 13.2. The number of halogens is 1. The lowest BCUT2D eigenvalue weighted by atomic mass is 10.1. The molecule has 0 aliphatic carbocycles. The fourth-order valence-corrected chi connectivity index (χ4v) is 5.50. The fraction of sp³-hybridized carbons (Fsp3) is 0.385. The van der Waals surface area contributed by atoms with Gasteiger partial charge in [0.05, 0.1) is 15.9 Å². The van der Waals surface area contributed by atoms with Crippen LogP contribution in [-0.4, -0.2) is 87.1 Å². The fourth-order valence-electron chi connectivity index (χ4n) is 5.10. The van der Waals surface area contributed by atoms with Gasteiger partial charge >= 0.3 is 0 Å². The lowest BCUT2D eigenvalue weighted by molar-refractivity contribution is 0.247. The van der Waals surface area contributed by atoms with Crippen LogP contribution in [0.3, 0.4) is 0 Å². The summed E-state index contributed by atoms with van der Waals surface area (Å²) in [5.41, 5.74) is 6.00. The van der Waals surface area contributed by atoms with E-state index in [9.17, 15) is 0 Å². The number of nitrogens with one attached hydrogen (secondary N) is 2. The molecule has 2 aliphatic rings. The number of fused-ring (bicyclic) bond motifs is 1. The highest BCUT2D eigenvalue weighted by Gasteiger charge is 2.22. The van der Waals surface area contributed by atoms with Gasteiger partial charge in [-0.1, -0.05) is 0 Å². The number of pyridine rings is 1. The number of hydrogen-bond acceptors (Lipinski definition) is 8. The number of benzene rings is 1. The third-order valence-electron chi connectivity index (χ3n) is 7.09. The van der Waals surface area contributed by atoms with Crippen LogP contribution < -0.4 is 10.2 Å². The summed E-state index contributed by atoms with van der Waals surface area (Å²) in [6.07, 6.45) is 8.30. The molecule has 10 heteroatoms. The maximum absolute atomic E-state index is 4.94. The Labute approximate surface area is 219 Å². The van der Waals surface area contributed by atoms with E-state index in [-0.39, 0.29) is 0 Å². The first-order chi connectivity index (χ1) is 17.6. The molecule has 1 aromatic carbocycles. The van der Waals surface area contributed by atoms with Gasteiger partial charge in [0.1, 0.15) is 11.3 Å². The summed E-state index contributed by atoms with van der Waals surface area (Å²) in [5.74, 6) is 0.836. The predicted octanol–water partition coefficient (Wildman–Crippen LogP) is 3.62. The number of aromatic amines is 1. The average Bonchev–Trinajstić information content (AvgIpc) is 3.53. The zero-order valence-corrected chi connectivity index (χ0v) is 21.9. The van der Waals surface area contributed by atoms with Gasteiger partial charge < -0.3 is 20.1 Å². The highest BCUT2D eigenvalue weighted by atomic mass is 79.9. The van der Waals surface area contributed by atoms with E-state index in [2.05, 4.69) is 87.2 Å². The number of piperazine rings is 1. The number of nitrogens with zero attached hydrogens (tertiary/aromatic N) is 7. The van der Waals surface area contributed by atoms with Gasteiger partial charge in [-0.05, 0) is 60.2 Å². The molecule has 6 rings (SSSR count). The molecule has 36 heavy (non-hydrogen) atoms. The molecule has 1 atom stereocenters. The molecule has 2 fully saturated rings. The molecule has 186 valence electrons. The van der Waals surface area contributed by atoms with Crippen LogP contribution in [0.15, 0.2) is 53.5 Å². The van der Waals surface area contributed by atoms with Gasteiger partial charge in [0, 0.05) is 81.3 Å². The molecule has 0 radical (unpaired) electrons. The maximum Gasteiger partial charge on any atom is 0.159 e. The van der Waals surface area contributed by atoms with Crippen molar-refractivity contribution in [3.63, 3.8) is 0 Å². The molecule has 0 spiro atoms. The summed E-state index contributed by atoms with van der Waals surface area (Å²) in [4.78, 5) is 28.7. The topological polar surface area (TPSA) is 89.1 Å². The van der Waals surface area contributed by atoms with Crippen LogP contribution in [0.2, 0.25) is 0 Å². The van der Waals surface area contributed by atoms with Gasteiger partial charge in [-0.15, -0.1) is 0 Å². The van der Waals surface area contributed by atoms with E-state index in [1.165, 1.54) is 5.69 Å². The number of anilines is 2. The zero-order valence-electron chi connectivity index (χ0n) is 20.4. The minimum absolute atomic E-state index is 0.414. The van der Waals surface area contributed by atoms with Gasteiger partial charge in [-0.3, -0.25) is 14.9 Å². The number of aromatic nitrogens is 5. The van der Waals surface area contributed by atoms with E-state index in [4.69, 9.17) is 4.98 Å². The standard InChI is InChI=1S/C26H30BrN9/c1-34-9-6-19(16-34)31-23-22(27)15-30-26-24(23)32-25(33-26)18-2-4-21(5-3-18)36-12-10-35(11-13-36)17-20-14-28-7-8-29-20/h2-5,7-8,14-15,19H,6,9-13,16-17H2,1H3,(H2,30,31,32,33). The Bertz CT molecular complexity index is 1320. The summed E-state index contributed by atoms with van der Waals surface area (Å²) < 4.78 is 0.941. The lowest BCUT2D eigenvalue weighted by Gasteiger charge is -2.36. The largest absolute Gasteiger partial charge is 0.378 e. The number of H-pyrrole nitrogens is 1. The minimum atomic E-state index is 0.414. The number of rotatable bonds is 6. The summed E-state index contributed by atoms with van der Waals surface area (Å²) in [6, 6.07) is 9.09. The van der Waals surface area contributed by atoms with E-state index >= 15 is 0 Å². The number of hydrogen-bond donors (Lipinski definition) is 2. The molecule has 5 heterocycles. The summed E-state index contributed by atoms with van der Waals surface area (Å²) >= 11 is 3.67. The summed E-state index contributed by atoms with van der Waals surface area (Å²) in [6.45, 7) is 7.00. The number of likely N-dealkylation sites (tertiary alicyclic amines) is 1. The molecule has 1 unspecified atom stereocenters. The van der Waals surface area contributed by atoms with Crippen LogP contribution in [0.1, 0.15) is 12.1 Å². The molecule has 4 aromatic rings. The first-order valence-electron chi connectivity index (χ1n) is 12.4. The third-order valence-corrected chi connectivity index (χ3v) is 7.69. The van der Waals surface area contributed by atoms with Gasteiger partial charge in [0.15, 0.2) is 5.65 Å². The van der Waals surface area contributed by atoms with E-state index in [0.29, 0.717) is 6.04 Å². The number of imidazole rings is 1. The van der Waals surface area contributed by atoms with Crippen LogP contribution in [0.5, 0.6) is 0 Å². The second-order valence-electron chi connectivity index (χ2n) is 9.66. The Morgan fingerprint density at radius 2 is 1.86 bits per heavy atom. The van der Waals surface area contributed by atoms with Crippen molar-refractivity contribution in [2.45, 2.75) is 19.0 Å². The van der Waals surface area contributed by atoms with Crippen molar-refractivity contribution in [1.29, 1.82) is 0 Å². The van der Waals surface area contributed by atoms with Crippen molar-refractivity contribution in [2.24, 2.45) is 0 Å². The van der Waals surface area contributed by atoms with Crippen LogP contribution in [0.25, 0.3) is 22.6 Å². The predicted molar refractivity (Wildman–Crippen MR) is 146 cm³/mol. The molecule has 3 aromatic heterocycles. The van der Waals surface area contributed by atoms with Crippen molar-refractivity contribution in [1.82, 2.24) is 34.7 Å². The second-order valence-corrected chi connectivity index (χ2v) is 10.5. The molecule has 9 nitrogen and oxygen atoms in total. The molecule has 2 N–H and O–H groups in total. The Morgan fingerprint density at radius 3 is 2.58 bits per heavy atom. The SMILES string of the molecule is CN1CCC(Nc2c(Br)cnc3[nH]c(-c4ccc(N5CCN(Cc6cnccn6)CC5)cc4)nc23)C1. The normalized spacial score (nSPS) is 19.3. The van der Waals surface area contributed by atoms with E-state index in [1.54, 1.807) is 12.4 Å². The van der Waals surface area contributed by atoms with E-state index in [1.807, 2.05) is 12.4 Å². The first kappa shape index (κ1) is 23.3. The molecule has 2 aliphatic heterocycles. The Kier molecular flexibility index (Phi) is 6.56. The van der Waals surface area contributed by atoms with Crippen molar-refractivity contribution in [3.05, 3.63) is 59.2 Å². The molecule has 2 saturated heterocycles. The van der Waals surface area contributed by atoms with Crippen LogP contribution in [0, 0.1) is 0 Å². The minimum Gasteiger partial charge on any atom is -0.378 e. The molecular weight excluding hydrogens is 518 g/mol. The summed E-state index contributed by atoms with van der Waals surface area (Å²) in [7, 11) is 2.16. The third kappa shape index (κ3) is 4.93. The van der Waals surface area contributed by atoms with Crippen molar-refractivity contribution in [3.8, 4) is 11.4 Å². The van der Waals surface area contributed by atoms with Crippen molar-refractivity contribution >= 4 is 38.5 Å². The van der Waals surface area contributed by atoms with Crippen LogP contribution >= 0.6 is 15.9 Å². The Morgan fingerprint density at radius 1 is 1.03 bits per heavy atom. The molecular formula is C26H30BrN9. The monoisotopic (exact) mass is 547 g/mol. The smallest absolute Gasteiger partial charge is 0.159 e. The molecule has 0 amide bonds. The molecule has 0 saturated carbocycles.